The van der Waals surface area contributed by atoms with E-state index in [1.54, 1.807) is 19.4 Å². The van der Waals surface area contributed by atoms with Gasteiger partial charge in [-0.1, -0.05) is 23.7 Å². The smallest absolute Gasteiger partial charge is 0.244 e. The maximum Gasteiger partial charge on any atom is 0.244 e. The quantitative estimate of drug-likeness (QED) is 0.361. The molecule has 2 amide bonds. The number of nitrogens with zero attached hydrogens (tertiary/aromatic N) is 1. The van der Waals surface area contributed by atoms with Crippen LogP contribution in [0.5, 0.6) is 5.75 Å². The number of allylic oxidation sites excluding steroid dienone is 1. The molecule has 1 fully saturated rings. The first-order chi connectivity index (χ1) is 16.0. The Bertz CT molecular complexity index is 1200. The van der Waals surface area contributed by atoms with Crippen LogP contribution in [-0.4, -0.2) is 43.5 Å². The van der Waals surface area contributed by atoms with Gasteiger partial charge in [-0.05, 0) is 49.1 Å². The second-order valence-electron chi connectivity index (χ2n) is 8.16. The molecule has 0 atom stereocenters. The Labute approximate surface area is 198 Å². The van der Waals surface area contributed by atoms with E-state index in [4.69, 9.17) is 20.8 Å². The third-order valence-electron chi connectivity index (χ3n) is 5.90. The van der Waals surface area contributed by atoms with Crippen LogP contribution in [0, 0.1) is 0 Å². The summed E-state index contributed by atoms with van der Waals surface area (Å²) in [5.41, 5.74) is 4.24. The number of carbonyl (C=O) groups excluding carboxylic acids is 2. The summed E-state index contributed by atoms with van der Waals surface area (Å²) in [5, 5.41) is 4.51. The average molecular weight is 467 g/mol. The monoisotopic (exact) mass is 466 g/mol. The summed E-state index contributed by atoms with van der Waals surface area (Å²) in [6, 6.07) is 11.4. The summed E-state index contributed by atoms with van der Waals surface area (Å²) < 4.78 is 11.3. The molecule has 2 aromatic carbocycles. The topological polar surface area (TPSA) is 71.8 Å². The second-order valence-corrected chi connectivity index (χ2v) is 8.60. The lowest BCUT2D eigenvalue weighted by Crippen LogP contribution is -2.30. The molecular weight excluding hydrogens is 440 g/mol. The van der Waals surface area contributed by atoms with Crippen molar-refractivity contribution in [3.8, 4) is 16.9 Å². The van der Waals surface area contributed by atoms with Crippen LogP contribution in [0.1, 0.15) is 31.7 Å². The number of amides is 2. The van der Waals surface area contributed by atoms with Gasteiger partial charge in [0.2, 0.25) is 11.8 Å². The molecule has 1 aliphatic rings. The van der Waals surface area contributed by atoms with E-state index in [1.165, 1.54) is 0 Å². The standard InChI is InChI=1S/C26H27ClN2O4/c1-17(13-25(30)28-10-4-12-29-11-3-5-26(29)31)20-14-21-22(18-6-8-19(27)9-7-18)16-33-24(21)15-23(20)32-2/h6-9,13-16H,3-5,10-12H2,1-2H3,(H,28,30)/b17-13+. The molecule has 2 heterocycles. The molecule has 0 unspecified atom stereocenters. The van der Waals surface area contributed by atoms with E-state index in [1.807, 2.05) is 48.2 Å². The van der Waals surface area contributed by atoms with Crippen molar-refractivity contribution in [3.05, 3.63) is 59.3 Å². The van der Waals surface area contributed by atoms with Crippen molar-refractivity contribution in [3.63, 3.8) is 0 Å². The number of carbonyl (C=O) groups is 2. The van der Waals surface area contributed by atoms with Gasteiger partial charge in [0.05, 0.1) is 13.4 Å². The minimum Gasteiger partial charge on any atom is -0.496 e. The highest BCUT2D eigenvalue weighted by Crippen LogP contribution is 2.37. The van der Waals surface area contributed by atoms with Gasteiger partial charge < -0.3 is 19.4 Å². The van der Waals surface area contributed by atoms with E-state index in [-0.39, 0.29) is 11.8 Å². The Kier molecular flexibility index (Phi) is 7.04. The molecule has 6 nitrogen and oxygen atoms in total. The molecule has 4 rings (SSSR count). The average Bonchev–Trinajstić information content (AvgIpc) is 3.41. The van der Waals surface area contributed by atoms with Crippen LogP contribution in [0.3, 0.4) is 0 Å². The molecule has 0 aliphatic carbocycles. The highest BCUT2D eigenvalue weighted by molar-refractivity contribution is 6.30. The number of benzene rings is 2. The fourth-order valence-corrected chi connectivity index (χ4v) is 4.26. The molecule has 33 heavy (non-hydrogen) atoms. The van der Waals surface area contributed by atoms with Crippen molar-refractivity contribution >= 4 is 40.0 Å². The van der Waals surface area contributed by atoms with Gasteiger partial charge in [0, 0.05) is 59.7 Å². The molecule has 0 radical (unpaired) electrons. The molecule has 0 spiro atoms. The number of hydrogen-bond acceptors (Lipinski definition) is 4. The van der Waals surface area contributed by atoms with Crippen molar-refractivity contribution in [1.82, 2.24) is 10.2 Å². The van der Waals surface area contributed by atoms with E-state index < -0.39 is 0 Å². The molecule has 172 valence electrons. The molecule has 0 bridgehead atoms. The third-order valence-corrected chi connectivity index (χ3v) is 6.15. The second kappa shape index (κ2) is 10.1. The number of rotatable bonds is 8. The lowest BCUT2D eigenvalue weighted by Gasteiger charge is -2.15. The molecule has 3 aromatic rings. The van der Waals surface area contributed by atoms with Gasteiger partial charge in [-0.25, -0.2) is 0 Å². The lowest BCUT2D eigenvalue weighted by molar-refractivity contribution is -0.127. The van der Waals surface area contributed by atoms with E-state index in [2.05, 4.69) is 5.32 Å². The maximum atomic E-state index is 12.5. The fraction of sp³-hybridized carbons (Fsp3) is 0.308. The summed E-state index contributed by atoms with van der Waals surface area (Å²) in [6.45, 7) is 3.90. The van der Waals surface area contributed by atoms with Crippen LogP contribution in [0.2, 0.25) is 5.02 Å². The van der Waals surface area contributed by atoms with Crippen molar-refractivity contribution in [2.24, 2.45) is 0 Å². The Hall–Kier alpha value is -3.25. The Morgan fingerprint density at radius 2 is 2.06 bits per heavy atom. The van der Waals surface area contributed by atoms with Gasteiger partial charge in [-0.3, -0.25) is 9.59 Å². The Morgan fingerprint density at radius 1 is 1.27 bits per heavy atom. The molecular formula is C26H27ClN2O4. The summed E-state index contributed by atoms with van der Waals surface area (Å²) in [7, 11) is 1.60. The highest BCUT2D eigenvalue weighted by atomic mass is 35.5. The fourth-order valence-electron chi connectivity index (χ4n) is 4.13. The minimum absolute atomic E-state index is 0.174. The van der Waals surface area contributed by atoms with Gasteiger partial charge in [-0.2, -0.15) is 0 Å². The van der Waals surface area contributed by atoms with Gasteiger partial charge in [0.25, 0.3) is 0 Å². The van der Waals surface area contributed by atoms with Crippen molar-refractivity contribution in [2.75, 3.05) is 26.7 Å². The molecule has 1 aliphatic heterocycles. The predicted molar refractivity (Wildman–Crippen MR) is 130 cm³/mol. The van der Waals surface area contributed by atoms with Crippen LogP contribution in [-0.2, 0) is 9.59 Å². The zero-order valence-electron chi connectivity index (χ0n) is 18.8. The number of ether oxygens (including phenoxy) is 1. The minimum atomic E-state index is -0.174. The molecule has 1 saturated heterocycles. The zero-order valence-corrected chi connectivity index (χ0v) is 19.6. The highest BCUT2D eigenvalue weighted by Gasteiger charge is 2.19. The van der Waals surface area contributed by atoms with Crippen molar-refractivity contribution < 1.29 is 18.7 Å². The van der Waals surface area contributed by atoms with E-state index >= 15 is 0 Å². The van der Waals surface area contributed by atoms with Gasteiger partial charge in [-0.15, -0.1) is 0 Å². The maximum absolute atomic E-state index is 12.5. The van der Waals surface area contributed by atoms with Gasteiger partial charge >= 0.3 is 0 Å². The largest absolute Gasteiger partial charge is 0.496 e. The normalized spacial score (nSPS) is 14.2. The number of hydrogen-bond donors (Lipinski definition) is 1. The van der Waals surface area contributed by atoms with E-state index in [0.29, 0.717) is 35.9 Å². The first-order valence-corrected chi connectivity index (χ1v) is 11.4. The first-order valence-electron chi connectivity index (χ1n) is 11.1. The molecule has 7 heteroatoms. The van der Waals surface area contributed by atoms with E-state index in [9.17, 15) is 9.59 Å². The third kappa shape index (κ3) is 5.22. The van der Waals surface area contributed by atoms with Gasteiger partial charge in [0.1, 0.15) is 11.3 Å². The molecule has 1 N–H and O–H groups in total. The lowest BCUT2D eigenvalue weighted by atomic mass is 9.99. The Morgan fingerprint density at radius 3 is 2.76 bits per heavy atom. The Balaban J connectivity index is 1.50. The number of methoxy groups -OCH3 is 1. The summed E-state index contributed by atoms with van der Waals surface area (Å²) in [6.07, 6.45) is 5.59. The van der Waals surface area contributed by atoms with Crippen LogP contribution in [0.15, 0.2) is 53.2 Å². The van der Waals surface area contributed by atoms with Crippen LogP contribution >= 0.6 is 11.6 Å². The predicted octanol–water partition coefficient (Wildman–Crippen LogP) is 5.29. The van der Waals surface area contributed by atoms with E-state index in [0.717, 1.165) is 47.0 Å². The van der Waals surface area contributed by atoms with Crippen molar-refractivity contribution in [2.45, 2.75) is 26.2 Å². The van der Waals surface area contributed by atoms with Crippen molar-refractivity contribution in [1.29, 1.82) is 0 Å². The first kappa shape index (κ1) is 22.9. The number of halogens is 1. The number of fused-ring (bicyclic) bond motifs is 1. The summed E-state index contributed by atoms with van der Waals surface area (Å²) >= 11 is 6.03. The van der Waals surface area contributed by atoms with Crippen LogP contribution in [0.25, 0.3) is 27.7 Å². The summed E-state index contributed by atoms with van der Waals surface area (Å²) in [5.74, 6) is 0.665. The molecule has 0 saturated carbocycles. The van der Waals surface area contributed by atoms with Crippen LogP contribution in [0.4, 0.5) is 0 Å². The van der Waals surface area contributed by atoms with Gasteiger partial charge in [0.15, 0.2) is 0 Å². The molecule has 1 aromatic heterocycles. The zero-order chi connectivity index (χ0) is 23.4. The summed E-state index contributed by atoms with van der Waals surface area (Å²) in [4.78, 5) is 26.0. The van der Waals surface area contributed by atoms with Crippen LogP contribution < -0.4 is 10.1 Å². The SMILES string of the molecule is COc1cc2occ(-c3ccc(Cl)cc3)c2cc1/C(C)=C/C(=O)NCCCN1CCCC1=O. The number of nitrogens with one attached hydrogen (secondary N) is 1. The number of furan rings is 1. The number of likely N-dealkylation sites (tertiary alicyclic amines) is 1.